The minimum Gasteiger partial charge on any atom is -0.321 e. The lowest BCUT2D eigenvalue weighted by molar-refractivity contribution is 0.103. The Morgan fingerprint density at radius 2 is 1.96 bits per heavy atom. The first kappa shape index (κ1) is 15.4. The number of amides is 1. The van der Waals surface area contributed by atoms with Gasteiger partial charge < -0.3 is 5.32 Å². The molecule has 0 saturated heterocycles. The molecule has 0 radical (unpaired) electrons. The van der Waals surface area contributed by atoms with Crippen molar-refractivity contribution in [2.75, 3.05) is 5.32 Å². The Balaban J connectivity index is 1.72. The summed E-state index contributed by atoms with van der Waals surface area (Å²) in [5, 5.41) is 7.89. The van der Waals surface area contributed by atoms with E-state index in [2.05, 4.69) is 41.2 Å². The van der Waals surface area contributed by atoms with E-state index < -0.39 is 0 Å². The summed E-state index contributed by atoms with van der Waals surface area (Å²) in [4.78, 5) is 21.2. The Hall–Kier alpha value is -2.54. The molecule has 1 amide bonds. The minimum absolute atomic E-state index is 0.0529. The van der Waals surface area contributed by atoms with Crippen molar-refractivity contribution >= 4 is 22.9 Å². The number of carbonyl (C=O) groups is 1. The fourth-order valence-electron chi connectivity index (χ4n) is 1.96. The van der Waals surface area contributed by atoms with Gasteiger partial charge in [-0.1, -0.05) is 20.8 Å². The van der Waals surface area contributed by atoms with Gasteiger partial charge in [0.2, 0.25) is 0 Å². The van der Waals surface area contributed by atoms with Crippen molar-refractivity contribution < 1.29 is 4.79 Å². The van der Waals surface area contributed by atoms with Crippen LogP contribution in [0.5, 0.6) is 0 Å². The maximum absolute atomic E-state index is 12.3. The van der Waals surface area contributed by atoms with Gasteiger partial charge in [-0.3, -0.25) is 4.79 Å². The summed E-state index contributed by atoms with van der Waals surface area (Å²) < 4.78 is 1.66. The highest BCUT2D eigenvalue weighted by molar-refractivity contribution is 7.13. The van der Waals surface area contributed by atoms with Crippen molar-refractivity contribution in [3.63, 3.8) is 0 Å². The van der Waals surface area contributed by atoms with Gasteiger partial charge in [-0.25, -0.2) is 14.6 Å². The molecule has 0 bridgehead atoms. The second-order valence-electron chi connectivity index (χ2n) is 6.12. The van der Waals surface area contributed by atoms with Crippen LogP contribution in [0, 0.1) is 0 Å². The van der Waals surface area contributed by atoms with Crippen LogP contribution in [-0.2, 0) is 5.41 Å². The van der Waals surface area contributed by atoms with Crippen LogP contribution >= 0.6 is 11.3 Å². The summed E-state index contributed by atoms with van der Waals surface area (Å²) >= 11 is 1.42. The second kappa shape index (κ2) is 5.92. The normalized spacial score (nSPS) is 11.4. The summed E-state index contributed by atoms with van der Waals surface area (Å²) in [5.74, 6) is -0.147. The third-order valence-corrected chi connectivity index (χ3v) is 4.60. The van der Waals surface area contributed by atoms with E-state index >= 15 is 0 Å². The summed E-state index contributed by atoms with van der Waals surface area (Å²) in [6.07, 6.45) is 4.73. The Kier molecular flexibility index (Phi) is 3.96. The Bertz CT molecular complexity index is 800. The molecule has 0 spiro atoms. The van der Waals surface area contributed by atoms with Gasteiger partial charge in [0.25, 0.3) is 5.91 Å². The number of anilines is 1. The molecule has 0 aliphatic carbocycles. The lowest BCUT2D eigenvalue weighted by Crippen LogP contribution is -2.11. The van der Waals surface area contributed by atoms with Gasteiger partial charge >= 0.3 is 0 Å². The Labute approximate surface area is 138 Å². The van der Waals surface area contributed by atoms with Gasteiger partial charge in [0, 0.05) is 11.1 Å². The van der Waals surface area contributed by atoms with Crippen LogP contribution in [0.15, 0.2) is 43.1 Å². The zero-order valence-electron chi connectivity index (χ0n) is 13.1. The first-order valence-electron chi connectivity index (χ1n) is 7.16. The number of hydrogen-bond donors (Lipinski definition) is 1. The lowest BCUT2D eigenvalue weighted by Gasteiger charge is -2.13. The molecule has 0 atom stereocenters. The SMILES string of the molecule is CC(C)(C)c1ncc(C(=O)Nc2ccc(-n3cncn3)cc2)s1. The van der Waals surface area contributed by atoms with Gasteiger partial charge in [0.15, 0.2) is 0 Å². The number of nitrogens with zero attached hydrogens (tertiary/aromatic N) is 4. The molecule has 2 heterocycles. The number of carbonyl (C=O) groups excluding carboxylic acids is 1. The molecule has 23 heavy (non-hydrogen) atoms. The van der Waals surface area contributed by atoms with Crippen molar-refractivity contribution in [3.8, 4) is 5.69 Å². The molecule has 0 fully saturated rings. The van der Waals surface area contributed by atoms with E-state index in [0.29, 0.717) is 4.88 Å². The van der Waals surface area contributed by atoms with Crippen molar-refractivity contribution in [2.45, 2.75) is 26.2 Å². The van der Waals surface area contributed by atoms with E-state index in [0.717, 1.165) is 16.4 Å². The topological polar surface area (TPSA) is 72.7 Å². The van der Waals surface area contributed by atoms with Gasteiger partial charge in [0.05, 0.1) is 16.9 Å². The molecule has 3 aromatic rings. The largest absolute Gasteiger partial charge is 0.321 e. The standard InChI is InChI=1S/C16H17N5OS/c1-16(2,3)15-18-8-13(23-15)14(22)20-11-4-6-12(7-5-11)21-10-17-9-19-21/h4-10H,1-3H3,(H,20,22). The van der Waals surface area contributed by atoms with Crippen molar-refractivity contribution in [2.24, 2.45) is 0 Å². The monoisotopic (exact) mass is 327 g/mol. The zero-order chi connectivity index (χ0) is 16.4. The Morgan fingerprint density at radius 1 is 1.22 bits per heavy atom. The molecule has 7 heteroatoms. The van der Waals surface area contributed by atoms with Crippen LogP contribution in [-0.4, -0.2) is 25.7 Å². The molecule has 1 N–H and O–H groups in total. The minimum atomic E-state index is -0.147. The molecule has 0 saturated carbocycles. The quantitative estimate of drug-likeness (QED) is 0.801. The molecule has 1 aromatic carbocycles. The van der Waals surface area contributed by atoms with E-state index in [4.69, 9.17) is 0 Å². The van der Waals surface area contributed by atoms with Gasteiger partial charge in [0.1, 0.15) is 17.5 Å². The summed E-state index contributed by atoms with van der Waals surface area (Å²) in [6.45, 7) is 6.24. The molecule has 118 valence electrons. The zero-order valence-corrected chi connectivity index (χ0v) is 14.0. The third kappa shape index (κ3) is 3.45. The summed E-state index contributed by atoms with van der Waals surface area (Å²) in [5.41, 5.74) is 1.56. The third-order valence-electron chi connectivity index (χ3n) is 3.18. The van der Waals surface area contributed by atoms with Crippen molar-refractivity contribution in [3.05, 3.63) is 53.0 Å². The van der Waals surface area contributed by atoms with E-state index in [9.17, 15) is 4.79 Å². The molecule has 0 aliphatic rings. The number of benzene rings is 1. The van der Waals surface area contributed by atoms with Crippen LogP contribution in [0.1, 0.15) is 35.5 Å². The number of hydrogen-bond acceptors (Lipinski definition) is 5. The summed E-state index contributed by atoms with van der Waals surface area (Å²) in [7, 11) is 0. The second-order valence-corrected chi connectivity index (χ2v) is 7.15. The Morgan fingerprint density at radius 3 is 2.52 bits per heavy atom. The maximum Gasteiger partial charge on any atom is 0.267 e. The maximum atomic E-state index is 12.3. The fraction of sp³-hybridized carbons (Fsp3) is 0.250. The number of aromatic nitrogens is 4. The number of thiazole rings is 1. The molecular formula is C16H17N5OS. The first-order valence-corrected chi connectivity index (χ1v) is 7.98. The van der Waals surface area contributed by atoms with Crippen LogP contribution in [0.4, 0.5) is 5.69 Å². The fourth-order valence-corrected chi connectivity index (χ4v) is 2.83. The average molecular weight is 327 g/mol. The van der Waals surface area contributed by atoms with Crippen LogP contribution in [0.3, 0.4) is 0 Å². The lowest BCUT2D eigenvalue weighted by atomic mass is 9.98. The first-order chi connectivity index (χ1) is 10.9. The predicted octanol–water partition coefficient (Wildman–Crippen LogP) is 3.27. The smallest absolute Gasteiger partial charge is 0.267 e. The number of rotatable bonds is 3. The van der Waals surface area contributed by atoms with Crippen LogP contribution in [0.25, 0.3) is 5.69 Å². The van der Waals surface area contributed by atoms with Crippen LogP contribution < -0.4 is 5.32 Å². The van der Waals surface area contributed by atoms with Gasteiger partial charge in [-0.15, -0.1) is 11.3 Å². The highest BCUT2D eigenvalue weighted by Gasteiger charge is 2.20. The van der Waals surface area contributed by atoms with E-state index in [1.807, 2.05) is 24.3 Å². The molecule has 0 unspecified atom stereocenters. The van der Waals surface area contributed by atoms with E-state index in [1.165, 1.54) is 17.7 Å². The van der Waals surface area contributed by atoms with Crippen molar-refractivity contribution in [1.29, 1.82) is 0 Å². The van der Waals surface area contributed by atoms with E-state index in [1.54, 1.807) is 17.2 Å². The molecule has 3 rings (SSSR count). The molecule has 6 nitrogen and oxygen atoms in total. The highest BCUT2D eigenvalue weighted by Crippen LogP contribution is 2.27. The van der Waals surface area contributed by atoms with Crippen LogP contribution in [0.2, 0.25) is 0 Å². The molecular weight excluding hydrogens is 310 g/mol. The predicted molar refractivity (Wildman–Crippen MR) is 90.1 cm³/mol. The average Bonchev–Trinajstić information content (AvgIpc) is 3.19. The molecule has 0 aliphatic heterocycles. The van der Waals surface area contributed by atoms with Gasteiger partial charge in [-0.2, -0.15) is 5.10 Å². The van der Waals surface area contributed by atoms with Crippen molar-refractivity contribution in [1.82, 2.24) is 19.7 Å². The molecule has 2 aromatic heterocycles. The van der Waals surface area contributed by atoms with E-state index in [-0.39, 0.29) is 11.3 Å². The highest BCUT2D eigenvalue weighted by atomic mass is 32.1. The summed E-state index contributed by atoms with van der Waals surface area (Å²) in [6, 6.07) is 7.41. The number of nitrogens with one attached hydrogen (secondary N) is 1. The van der Waals surface area contributed by atoms with Gasteiger partial charge in [-0.05, 0) is 24.3 Å².